The van der Waals surface area contributed by atoms with Crippen molar-refractivity contribution in [1.82, 2.24) is 10.3 Å². The van der Waals surface area contributed by atoms with Crippen molar-refractivity contribution in [3.63, 3.8) is 0 Å². The fraction of sp³-hybridized carbons (Fsp3) is 0.0625. The summed E-state index contributed by atoms with van der Waals surface area (Å²) in [5.74, 6) is -0.337. The van der Waals surface area contributed by atoms with Gasteiger partial charge in [0.05, 0.1) is 0 Å². The fourth-order valence-electron chi connectivity index (χ4n) is 2.19. The third-order valence-corrected chi connectivity index (χ3v) is 5.39. The van der Waals surface area contributed by atoms with Crippen LogP contribution in [-0.2, 0) is 0 Å². The molecule has 21 heavy (non-hydrogen) atoms. The normalized spacial score (nSPS) is 10.8. The number of halogens is 1. The van der Waals surface area contributed by atoms with Crippen molar-refractivity contribution in [2.75, 3.05) is 7.05 Å². The Bertz CT molecular complexity index is 796. The third kappa shape index (κ3) is 2.71. The number of fused-ring (bicyclic) bond motifs is 1. The van der Waals surface area contributed by atoms with Gasteiger partial charge in [-0.3, -0.25) is 0 Å². The molecule has 3 rings (SSSR count). The average Bonchev–Trinajstić information content (AvgIpc) is 2.92. The zero-order chi connectivity index (χ0) is 14.8. The Kier molecular flexibility index (Phi) is 3.77. The average molecular weight is 347 g/mol. The first-order valence-corrected chi connectivity index (χ1v) is 8.16. The van der Waals surface area contributed by atoms with Crippen LogP contribution in [-0.4, -0.2) is 32.9 Å². The first-order valence-electron chi connectivity index (χ1n) is 6.44. The molecule has 5 heteroatoms. The van der Waals surface area contributed by atoms with Gasteiger partial charge in [-0.25, -0.2) is 0 Å². The van der Waals surface area contributed by atoms with Crippen LogP contribution in [0.5, 0.6) is 0 Å². The number of hydrogen-bond acceptors (Lipinski definition) is 1. The molecule has 0 atom stereocenters. The molecule has 3 nitrogen and oxygen atoms in total. The monoisotopic (exact) mass is 348 g/mol. The zero-order valence-corrected chi connectivity index (χ0v) is 13.0. The maximum absolute atomic E-state index is 13.0. The van der Waals surface area contributed by atoms with E-state index in [0.29, 0.717) is 5.56 Å². The summed E-state index contributed by atoms with van der Waals surface area (Å²) in [4.78, 5) is 15.2. The maximum atomic E-state index is 13.0. The molecular weight excluding hydrogens is 334 g/mol. The zero-order valence-electron chi connectivity index (χ0n) is 11.3. The molecule has 0 unspecified atom stereocenters. The van der Waals surface area contributed by atoms with Crippen LogP contribution in [0.15, 0.2) is 48.7 Å². The van der Waals surface area contributed by atoms with Gasteiger partial charge in [0, 0.05) is 0 Å². The van der Waals surface area contributed by atoms with Crippen molar-refractivity contribution >= 4 is 40.7 Å². The van der Waals surface area contributed by atoms with E-state index in [1.165, 1.54) is 12.1 Å². The molecule has 1 amide bonds. The predicted octanol–water partition coefficient (Wildman–Crippen LogP) is 1.32. The Labute approximate surface area is 127 Å². The van der Waals surface area contributed by atoms with Gasteiger partial charge in [-0.1, -0.05) is 0 Å². The summed E-state index contributed by atoms with van der Waals surface area (Å²) in [6, 6.07) is 12.1. The van der Waals surface area contributed by atoms with Crippen molar-refractivity contribution in [2.24, 2.45) is 0 Å². The number of carbonyl (C=O) groups excluding carboxylic acids is 1. The minimum absolute atomic E-state index is 0.00999. The SMILES string of the molecule is CNC(=O)c1cccc2[nH]cc([Se]c3ccc(F)cc3)c12. The molecule has 0 aliphatic carbocycles. The van der Waals surface area contributed by atoms with Crippen LogP contribution in [0.4, 0.5) is 4.39 Å². The Morgan fingerprint density at radius 3 is 2.67 bits per heavy atom. The van der Waals surface area contributed by atoms with Crippen molar-refractivity contribution < 1.29 is 9.18 Å². The molecule has 3 aromatic rings. The van der Waals surface area contributed by atoms with E-state index in [4.69, 9.17) is 0 Å². The van der Waals surface area contributed by atoms with Crippen molar-refractivity contribution in [3.8, 4) is 0 Å². The molecule has 1 heterocycles. The molecule has 2 N–H and O–H groups in total. The molecule has 0 aliphatic heterocycles. The number of aromatic amines is 1. The van der Waals surface area contributed by atoms with Crippen LogP contribution in [0.1, 0.15) is 10.4 Å². The quantitative estimate of drug-likeness (QED) is 0.690. The number of amides is 1. The van der Waals surface area contributed by atoms with Crippen LogP contribution >= 0.6 is 0 Å². The fourth-order valence-corrected chi connectivity index (χ4v) is 4.21. The number of nitrogens with one attached hydrogen (secondary N) is 2. The van der Waals surface area contributed by atoms with Crippen LogP contribution in [0, 0.1) is 5.82 Å². The number of hydrogen-bond donors (Lipinski definition) is 2. The number of benzene rings is 2. The van der Waals surface area contributed by atoms with Gasteiger partial charge in [0.25, 0.3) is 0 Å². The van der Waals surface area contributed by atoms with Crippen molar-refractivity contribution in [1.29, 1.82) is 0 Å². The molecular formula is C16H13FN2OSe. The number of aromatic nitrogens is 1. The van der Waals surface area contributed by atoms with Gasteiger partial charge < -0.3 is 0 Å². The van der Waals surface area contributed by atoms with Crippen LogP contribution in [0.3, 0.4) is 0 Å². The number of rotatable bonds is 3. The summed E-state index contributed by atoms with van der Waals surface area (Å²) in [6.45, 7) is 0. The van der Waals surface area contributed by atoms with Gasteiger partial charge in [0.15, 0.2) is 0 Å². The summed E-state index contributed by atoms with van der Waals surface area (Å²) >= 11 is 0.00999. The van der Waals surface area contributed by atoms with E-state index in [-0.39, 0.29) is 26.7 Å². The van der Waals surface area contributed by atoms with Gasteiger partial charge in [-0.15, -0.1) is 0 Å². The Morgan fingerprint density at radius 2 is 1.95 bits per heavy atom. The van der Waals surface area contributed by atoms with Gasteiger partial charge in [-0.05, 0) is 0 Å². The Hall–Kier alpha value is -2.10. The first-order chi connectivity index (χ1) is 10.2. The van der Waals surface area contributed by atoms with Crippen molar-refractivity contribution in [2.45, 2.75) is 0 Å². The van der Waals surface area contributed by atoms with Gasteiger partial charge in [0.1, 0.15) is 0 Å². The second kappa shape index (κ2) is 5.72. The van der Waals surface area contributed by atoms with E-state index in [2.05, 4.69) is 10.3 Å². The van der Waals surface area contributed by atoms with Crippen LogP contribution in [0.2, 0.25) is 0 Å². The Morgan fingerprint density at radius 1 is 1.19 bits per heavy atom. The molecule has 0 saturated carbocycles. The topological polar surface area (TPSA) is 44.9 Å². The predicted molar refractivity (Wildman–Crippen MR) is 83.1 cm³/mol. The minimum atomic E-state index is -0.237. The van der Waals surface area contributed by atoms with Gasteiger partial charge in [-0.2, -0.15) is 0 Å². The molecule has 0 fully saturated rings. The molecule has 0 radical (unpaired) electrons. The van der Waals surface area contributed by atoms with Crippen LogP contribution < -0.4 is 14.2 Å². The molecule has 0 spiro atoms. The Balaban J connectivity index is 2.06. The molecule has 0 bridgehead atoms. The first kappa shape index (κ1) is 13.9. The summed E-state index contributed by atoms with van der Waals surface area (Å²) in [7, 11) is 1.62. The second-order valence-electron chi connectivity index (χ2n) is 4.52. The van der Waals surface area contributed by atoms with E-state index in [1.54, 1.807) is 19.2 Å². The summed E-state index contributed by atoms with van der Waals surface area (Å²) < 4.78 is 15.1. The second-order valence-corrected chi connectivity index (χ2v) is 6.86. The molecule has 106 valence electrons. The molecule has 1 aromatic heterocycles. The summed E-state index contributed by atoms with van der Waals surface area (Å²) in [5, 5.41) is 3.61. The van der Waals surface area contributed by atoms with E-state index < -0.39 is 0 Å². The van der Waals surface area contributed by atoms with Crippen molar-refractivity contribution in [3.05, 3.63) is 60.0 Å². The van der Waals surface area contributed by atoms with Crippen LogP contribution in [0.25, 0.3) is 10.9 Å². The summed E-state index contributed by atoms with van der Waals surface area (Å²) in [6.07, 6.45) is 1.93. The molecule has 0 aliphatic rings. The van der Waals surface area contributed by atoms with E-state index in [1.807, 2.05) is 24.4 Å². The number of H-pyrrole nitrogens is 1. The number of carbonyl (C=O) groups is 1. The van der Waals surface area contributed by atoms with E-state index >= 15 is 0 Å². The van der Waals surface area contributed by atoms with E-state index in [9.17, 15) is 9.18 Å². The van der Waals surface area contributed by atoms with Gasteiger partial charge >= 0.3 is 127 Å². The van der Waals surface area contributed by atoms with Gasteiger partial charge in [0.2, 0.25) is 0 Å². The molecule has 0 saturated heterocycles. The molecule has 2 aromatic carbocycles. The standard InChI is InChI=1S/C16H13FN2OSe/c1-18-16(20)12-3-2-4-13-15(12)14(9-19-13)21-11-7-5-10(17)6-8-11/h2-9,19H,1H3,(H,18,20). The summed E-state index contributed by atoms with van der Waals surface area (Å²) in [5.41, 5.74) is 1.60. The van der Waals surface area contributed by atoms with E-state index in [0.717, 1.165) is 19.8 Å². The third-order valence-electron chi connectivity index (χ3n) is 3.18.